The van der Waals surface area contributed by atoms with Crippen LogP contribution in [0.5, 0.6) is 0 Å². The van der Waals surface area contributed by atoms with Gasteiger partial charge in [-0.25, -0.2) is 0 Å². The quantitative estimate of drug-likeness (QED) is 0.539. The third-order valence-electron chi connectivity index (χ3n) is 1.45. The third-order valence-corrected chi connectivity index (χ3v) is 9.25. The highest BCUT2D eigenvalue weighted by atomic mass is 79.9. The largest absolute Gasteiger partial charge is 0.150 e. The van der Waals surface area contributed by atoms with Gasteiger partial charge >= 0.3 is 0 Å². The topological polar surface area (TPSA) is 0 Å². The van der Waals surface area contributed by atoms with Gasteiger partial charge in [-0.05, 0) is 25.0 Å². The molecule has 0 N–H and O–H groups in total. The summed E-state index contributed by atoms with van der Waals surface area (Å²) in [6.07, 6.45) is 8.70. The average Bonchev–Trinajstić information content (AvgIpc) is 2.09. The van der Waals surface area contributed by atoms with Gasteiger partial charge in [0.05, 0.1) is 14.0 Å². The van der Waals surface area contributed by atoms with Crippen molar-refractivity contribution in [2.75, 3.05) is 25.0 Å². The van der Waals surface area contributed by atoms with E-state index in [1.807, 2.05) is 47.0 Å². The van der Waals surface area contributed by atoms with Gasteiger partial charge in [0.15, 0.2) is 0 Å². The van der Waals surface area contributed by atoms with Crippen LogP contribution in [0.15, 0.2) is 0 Å². The van der Waals surface area contributed by atoms with Crippen molar-refractivity contribution in [2.24, 2.45) is 0 Å². The van der Waals surface area contributed by atoms with E-state index in [0.29, 0.717) is 14.0 Å². The zero-order chi connectivity index (χ0) is 9.56. The van der Waals surface area contributed by atoms with Crippen LogP contribution in [0, 0.1) is 0 Å². The first-order valence-electron chi connectivity index (χ1n) is 3.46. The van der Waals surface area contributed by atoms with Crippen molar-refractivity contribution < 1.29 is 0 Å². The summed E-state index contributed by atoms with van der Waals surface area (Å²) in [5.41, 5.74) is 0. The molecular weight excluding hydrogens is 292 g/mol. The Balaban J connectivity index is 4.02. The van der Waals surface area contributed by atoms with Crippen LogP contribution in [0.2, 0.25) is 0 Å². The molecule has 0 aromatic rings. The van der Waals surface area contributed by atoms with Crippen molar-refractivity contribution in [1.29, 1.82) is 0 Å². The highest BCUT2D eigenvalue weighted by Gasteiger charge is 2.24. The van der Waals surface area contributed by atoms with Crippen LogP contribution in [-0.4, -0.2) is 39.0 Å². The van der Waals surface area contributed by atoms with Gasteiger partial charge in [-0.1, -0.05) is 15.9 Å². The third kappa shape index (κ3) is 4.40. The molecule has 5 heteroatoms. The summed E-state index contributed by atoms with van der Waals surface area (Å²) < 4.78 is 1.32. The molecule has 0 heterocycles. The fourth-order valence-corrected chi connectivity index (χ4v) is 7.04. The second-order valence-corrected chi connectivity index (χ2v) is 7.70. The molecular formula is C7H15BrS4. The molecule has 0 nitrogen and oxygen atoms in total. The minimum absolute atomic E-state index is 0.590. The van der Waals surface area contributed by atoms with Crippen molar-refractivity contribution in [3.8, 4) is 0 Å². The Morgan fingerprint density at radius 2 is 1.00 bits per heavy atom. The van der Waals surface area contributed by atoms with Gasteiger partial charge in [0.2, 0.25) is 0 Å². The van der Waals surface area contributed by atoms with Crippen LogP contribution >= 0.6 is 63.0 Å². The number of halogens is 1. The fraction of sp³-hybridized carbons (Fsp3) is 1.00. The van der Waals surface area contributed by atoms with E-state index in [9.17, 15) is 0 Å². The van der Waals surface area contributed by atoms with Crippen LogP contribution < -0.4 is 0 Å². The second kappa shape index (κ2) is 8.21. The molecule has 12 heavy (non-hydrogen) atoms. The Morgan fingerprint density at radius 1 is 0.750 bits per heavy atom. The molecule has 0 radical (unpaired) electrons. The monoisotopic (exact) mass is 306 g/mol. The van der Waals surface area contributed by atoms with Gasteiger partial charge in [-0.15, -0.1) is 47.0 Å². The summed E-state index contributed by atoms with van der Waals surface area (Å²) >= 11 is 11.5. The fourth-order valence-electron chi connectivity index (χ4n) is 0.841. The molecule has 0 atom stereocenters. The molecule has 0 aliphatic heterocycles. The van der Waals surface area contributed by atoms with Crippen LogP contribution in [-0.2, 0) is 0 Å². The lowest BCUT2D eigenvalue weighted by molar-refractivity contribution is 1.08. The Bertz CT molecular complexity index is 91.6. The molecule has 0 aromatic heterocycles. The van der Waals surface area contributed by atoms with Crippen LogP contribution in [0.1, 0.15) is 0 Å². The van der Waals surface area contributed by atoms with Crippen LogP contribution in [0.4, 0.5) is 0 Å². The predicted molar refractivity (Wildman–Crippen MR) is 74.4 cm³/mol. The molecule has 0 aliphatic carbocycles. The van der Waals surface area contributed by atoms with Gasteiger partial charge in [-0.2, -0.15) is 0 Å². The van der Waals surface area contributed by atoms with Gasteiger partial charge < -0.3 is 0 Å². The number of hydrogen-bond acceptors (Lipinski definition) is 4. The SMILES string of the molecule is CSC(SC)C(Br)C(SC)SC. The highest BCUT2D eigenvalue weighted by molar-refractivity contribution is 9.10. The van der Waals surface area contributed by atoms with E-state index in [1.165, 1.54) is 0 Å². The lowest BCUT2D eigenvalue weighted by Crippen LogP contribution is -2.22. The first-order chi connectivity index (χ1) is 5.71. The summed E-state index contributed by atoms with van der Waals surface area (Å²) in [6, 6.07) is 0. The lowest BCUT2D eigenvalue weighted by atomic mass is 10.5. The highest BCUT2D eigenvalue weighted by Crippen LogP contribution is 2.37. The van der Waals surface area contributed by atoms with E-state index >= 15 is 0 Å². The summed E-state index contributed by atoms with van der Waals surface area (Å²) in [5, 5.41) is 0. The molecule has 0 spiro atoms. The minimum atomic E-state index is 0.590. The van der Waals surface area contributed by atoms with Crippen LogP contribution in [0.25, 0.3) is 0 Å². The number of rotatable bonds is 6. The van der Waals surface area contributed by atoms with Gasteiger partial charge in [0.1, 0.15) is 0 Å². The molecule has 0 bridgehead atoms. The normalized spacial score (nSPS) is 12.0. The van der Waals surface area contributed by atoms with Crippen molar-refractivity contribution in [2.45, 2.75) is 14.0 Å². The smallest absolute Gasteiger partial charge is 0.0640 e. The Kier molecular flexibility index (Phi) is 9.50. The van der Waals surface area contributed by atoms with E-state index in [2.05, 4.69) is 41.0 Å². The van der Waals surface area contributed by atoms with E-state index in [1.54, 1.807) is 0 Å². The second-order valence-electron chi connectivity index (χ2n) is 2.12. The Morgan fingerprint density at radius 3 is 1.17 bits per heavy atom. The van der Waals surface area contributed by atoms with Crippen molar-refractivity contribution in [3.05, 3.63) is 0 Å². The molecule has 0 rings (SSSR count). The van der Waals surface area contributed by atoms with E-state index in [0.717, 1.165) is 0 Å². The van der Waals surface area contributed by atoms with Gasteiger partial charge in [0.25, 0.3) is 0 Å². The summed E-state index contributed by atoms with van der Waals surface area (Å²) in [4.78, 5) is 0.590. The standard InChI is InChI=1S/C7H15BrS4/c1-9-6(10-2)5(8)7(11-3)12-4/h5-7H,1-4H3. The molecule has 0 saturated heterocycles. The molecule has 0 unspecified atom stereocenters. The summed E-state index contributed by atoms with van der Waals surface area (Å²) in [5.74, 6) is 0. The average molecular weight is 307 g/mol. The summed E-state index contributed by atoms with van der Waals surface area (Å²) in [7, 11) is 0. The molecule has 0 aromatic carbocycles. The molecule has 74 valence electrons. The maximum absolute atomic E-state index is 3.77. The maximum Gasteiger partial charge on any atom is 0.0640 e. The van der Waals surface area contributed by atoms with Crippen molar-refractivity contribution in [3.63, 3.8) is 0 Å². The molecule has 0 aliphatic rings. The Labute approximate surface area is 101 Å². The zero-order valence-corrected chi connectivity index (χ0v) is 12.6. The zero-order valence-electron chi connectivity index (χ0n) is 7.74. The lowest BCUT2D eigenvalue weighted by Gasteiger charge is -2.24. The van der Waals surface area contributed by atoms with E-state index < -0.39 is 0 Å². The minimum Gasteiger partial charge on any atom is -0.150 e. The van der Waals surface area contributed by atoms with Crippen molar-refractivity contribution >= 4 is 63.0 Å². The summed E-state index contributed by atoms with van der Waals surface area (Å²) in [6.45, 7) is 0. The van der Waals surface area contributed by atoms with Gasteiger partial charge in [-0.3, -0.25) is 0 Å². The molecule has 0 amide bonds. The first-order valence-corrected chi connectivity index (χ1v) is 9.53. The van der Waals surface area contributed by atoms with E-state index in [-0.39, 0.29) is 0 Å². The Hall–Kier alpha value is 1.88. The van der Waals surface area contributed by atoms with Crippen molar-refractivity contribution in [1.82, 2.24) is 0 Å². The predicted octanol–water partition coefficient (Wildman–Crippen LogP) is 3.85. The number of thioether (sulfide) groups is 4. The first kappa shape index (κ1) is 13.9. The maximum atomic E-state index is 3.77. The molecule has 0 saturated carbocycles. The number of hydrogen-bond donors (Lipinski definition) is 0. The van der Waals surface area contributed by atoms with Gasteiger partial charge in [0, 0.05) is 0 Å². The molecule has 0 fully saturated rings. The van der Waals surface area contributed by atoms with E-state index in [4.69, 9.17) is 0 Å². The van der Waals surface area contributed by atoms with Crippen LogP contribution in [0.3, 0.4) is 0 Å². The number of alkyl halides is 1.